The fraction of sp³-hybridized carbons (Fsp3) is 0.600. The van der Waals surface area contributed by atoms with Crippen LogP contribution in [0.4, 0.5) is 0 Å². The third kappa shape index (κ3) is 19.2. The number of aryl methyl sites for hydroxylation is 2. The minimum atomic E-state index is -4.59. The van der Waals surface area contributed by atoms with E-state index in [0.717, 1.165) is 36.8 Å². The monoisotopic (exact) mass is 662 g/mol. The Labute approximate surface area is 251 Å². The minimum Gasteiger partial charge on any atom is -0.807 e. The van der Waals surface area contributed by atoms with Crippen LogP contribution < -0.4 is 30.2 Å². The topological polar surface area (TPSA) is 126 Å². The molecule has 0 aliphatic rings. The molecule has 6 nitrogen and oxygen atoms in total. The molecule has 0 spiro atoms. The van der Waals surface area contributed by atoms with Gasteiger partial charge in [0.15, 0.2) is 0 Å². The zero-order valence-corrected chi connectivity index (χ0v) is 27.5. The Hall–Kier alpha value is -0.572. The van der Waals surface area contributed by atoms with Crippen LogP contribution in [0.15, 0.2) is 48.5 Å². The normalized spacial score (nSPS) is 11.4. The van der Waals surface area contributed by atoms with Crippen molar-refractivity contribution in [2.75, 3.05) is 0 Å². The zero-order valence-electron chi connectivity index (χ0n) is 23.7. The number of benzene rings is 2. The van der Waals surface area contributed by atoms with Gasteiger partial charge in [-0.3, -0.25) is 0 Å². The summed E-state index contributed by atoms with van der Waals surface area (Å²) < 4.78 is 21.6. The van der Waals surface area contributed by atoms with Gasteiger partial charge in [-0.1, -0.05) is 139 Å². The van der Waals surface area contributed by atoms with E-state index < -0.39 is 15.2 Å². The number of hydrogen-bond donors (Lipinski definition) is 0. The van der Waals surface area contributed by atoms with E-state index in [9.17, 15) is 28.7 Å². The molecule has 0 aliphatic carbocycles. The molecule has 2 rings (SSSR count). The van der Waals surface area contributed by atoms with Crippen molar-refractivity contribution < 1.29 is 49.8 Å². The van der Waals surface area contributed by atoms with Crippen LogP contribution >= 0.6 is 15.2 Å². The molecule has 9 heteroatoms. The van der Waals surface area contributed by atoms with Gasteiger partial charge in [0.25, 0.3) is 0 Å². The maximum absolute atomic E-state index is 10.8. The van der Waals surface area contributed by atoms with Crippen LogP contribution in [0, 0.1) is 0 Å². The van der Waals surface area contributed by atoms with Crippen molar-refractivity contribution in [1.29, 1.82) is 0 Å². The molecule has 0 bridgehead atoms. The molecule has 0 saturated heterocycles. The fourth-order valence-corrected chi connectivity index (χ4v) is 5.29. The summed E-state index contributed by atoms with van der Waals surface area (Å²) in [5.41, 5.74) is 2.21. The number of hydrogen-bond acceptors (Lipinski definition) is 6. The second-order valence-corrected chi connectivity index (χ2v) is 13.1. The minimum absolute atomic E-state index is 0. The number of rotatable bonds is 18. The van der Waals surface area contributed by atoms with Gasteiger partial charge < -0.3 is 28.7 Å². The van der Waals surface area contributed by atoms with Crippen molar-refractivity contribution in [3.8, 4) is 0 Å². The average molecular weight is 661 g/mol. The molecular weight excluding hydrogens is 614 g/mol. The van der Waals surface area contributed by atoms with Crippen LogP contribution in [0.1, 0.15) is 115 Å². The van der Waals surface area contributed by atoms with Crippen LogP contribution in [0.2, 0.25) is 0 Å². The van der Waals surface area contributed by atoms with Gasteiger partial charge in [-0.2, -0.15) is 0 Å². The van der Waals surface area contributed by atoms with E-state index in [2.05, 4.69) is 13.8 Å². The second kappa shape index (κ2) is 22.1. The zero-order chi connectivity index (χ0) is 28.3. The van der Waals surface area contributed by atoms with E-state index in [4.69, 9.17) is 0 Å². The van der Waals surface area contributed by atoms with E-state index in [1.807, 2.05) is 0 Å². The van der Waals surface area contributed by atoms with Gasteiger partial charge in [-0.15, -0.1) is 0 Å². The van der Waals surface area contributed by atoms with Gasteiger partial charge in [0.05, 0.1) is 0 Å². The van der Waals surface area contributed by atoms with Gasteiger partial charge >= 0.3 is 21.1 Å². The average Bonchev–Trinajstić information content (AvgIpc) is 2.87. The fourth-order valence-electron chi connectivity index (χ4n) is 4.26. The molecule has 0 N–H and O–H groups in total. The Morgan fingerprint density at radius 1 is 0.462 bits per heavy atom. The van der Waals surface area contributed by atoms with E-state index in [1.54, 1.807) is 24.3 Å². The maximum atomic E-state index is 10.8. The summed E-state index contributed by atoms with van der Waals surface area (Å²) in [5, 5.41) is -0.230. The third-order valence-corrected chi connectivity index (χ3v) is 8.50. The van der Waals surface area contributed by atoms with Crippen LogP contribution in [-0.4, -0.2) is 0 Å². The summed E-state index contributed by atoms with van der Waals surface area (Å²) in [4.78, 5) is 43.2. The van der Waals surface area contributed by atoms with Crippen LogP contribution in [-0.2, 0) is 43.0 Å². The number of unbranched alkanes of at least 4 members (excludes halogenated alkanes) is 12. The third-order valence-electron chi connectivity index (χ3n) is 6.64. The molecule has 0 heterocycles. The summed E-state index contributed by atoms with van der Waals surface area (Å²) in [6.45, 7) is 4.43. The predicted molar refractivity (Wildman–Crippen MR) is 151 cm³/mol. The Bertz CT molecular complexity index is 875. The molecule has 0 amide bonds. The first-order valence-corrected chi connectivity index (χ1v) is 17.4. The standard InChI is InChI=1S/2C15H25O3P.Mo/c2*1-2-3-4-5-6-7-8-9-14-10-12-15(13-11-14)19(16,17)18;/h2*10-13H,2-9H2,1H3,(H2,16,17,18);/q;;+4/p-4. The first-order chi connectivity index (χ1) is 18.1. The second-order valence-electron chi connectivity index (χ2n) is 10.1. The molecule has 0 atom stereocenters. The summed E-state index contributed by atoms with van der Waals surface area (Å²) in [6, 6.07) is 12.6. The molecule has 0 fully saturated rings. The van der Waals surface area contributed by atoms with Crippen molar-refractivity contribution >= 4 is 25.8 Å². The molecule has 2 aromatic rings. The molecule has 0 radical (unpaired) electrons. The Kier molecular flexibility index (Phi) is 21.8. The van der Waals surface area contributed by atoms with Gasteiger partial charge in [0, 0.05) is 0 Å². The van der Waals surface area contributed by atoms with Crippen molar-refractivity contribution in [3.63, 3.8) is 0 Å². The first kappa shape index (κ1) is 38.4. The predicted octanol–water partition coefficient (Wildman–Crippen LogP) is 5.03. The van der Waals surface area contributed by atoms with Gasteiger partial charge in [-0.05, 0) is 62.6 Å². The van der Waals surface area contributed by atoms with Crippen LogP contribution in [0.3, 0.4) is 0 Å². The summed E-state index contributed by atoms with van der Waals surface area (Å²) >= 11 is 0. The van der Waals surface area contributed by atoms with Gasteiger partial charge in [0.2, 0.25) is 0 Å². The molecule has 39 heavy (non-hydrogen) atoms. The smallest absolute Gasteiger partial charge is 0.807 e. The summed E-state index contributed by atoms with van der Waals surface area (Å²) in [7, 11) is -9.17. The van der Waals surface area contributed by atoms with Gasteiger partial charge in [-0.25, -0.2) is 0 Å². The van der Waals surface area contributed by atoms with Crippen molar-refractivity contribution in [1.82, 2.24) is 0 Å². The largest absolute Gasteiger partial charge is 4.00 e. The Morgan fingerprint density at radius 2 is 0.718 bits per heavy atom. The molecule has 218 valence electrons. The van der Waals surface area contributed by atoms with Crippen LogP contribution in [0.25, 0.3) is 0 Å². The van der Waals surface area contributed by atoms with Crippen LogP contribution in [0.5, 0.6) is 0 Å². The summed E-state index contributed by atoms with van der Waals surface area (Å²) in [6.07, 6.45) is 19.6. The molecule has 0 aromatic heterocycles. The van der Waals surface area contributed by atoms with E-state index in [1.165, 1.54) is 101 Å². The van der Waals surface area contributed by atoms with E-state index >= 15 is 0 Å². The quantitative estimate of drug-likeness (QED) is 0.125. The van der Waals surface area contributed by atoms with Crippen molar-refractivity contribution in [2.24, 2.45) is 0 Å². The van der Waals surface area contributed by atoms with Gasteiger partial charge in [0.1, 0.15) is 0 Å². The first-order valence-electron chi connectivity index (χ1n) is 14.3. The Morgan fingerprint density at radius 3 is 0.974 bits per heavy atom. The van der Waals surface area contributed by atoms with Crippen molar-refractivity contribution in [3.05, 3.63) is 59.7 Å². The van der Waals surface area contributed by atoms with Crippen molar-refractivity contribution in [2.45, 2.75) is 117 Å². The van der Waals surface area contributed by atoms with E-state index in [0.29, 0.717) is 0 Å². The maximum Gasteiger partial charge on any atom is 4.00 e. The summed E-state index contributed by atoms with van der Waals surface area (Å²) in [5.74, 6) is 0. The molecule has 0 unspecified atom stereocenters. The molecular formula is C30H46MoO6P2. The molecule has 0 aliphatic heterocycles. The van der Waals surface area contributed by atoms with E-state index in [-0.39, 0.29) is 31.7 Å². The molecule has 0 saturated carbocycles. The SMILES string of the molecule is CCCCCCCCCc1ccc(P(=O)([O-])[O-])cc1.CCCCCCCCCc1ccc(P(=O)([O-])[O-])cc1.[Mo+4]. The Balaban J connectivity index is 0.000000722. The molecule has 2 aromatic carbocycles.